The normalized spacial score (nSPS) is 16.1. The summed E-state index contributed by atoms with van der Waals surface area (Å²) in [5, 5.41) is 5.45. The number of nitrogens with one attached hydrogen (secondary N) is 1. The summed E-state index contributed by atoms with van der Waals surface area (Å²) in [7, 11) is 0. The number of allylic oxidation sites excluding steroid dienone is 2. The van der Waals surface area contributed by atoms with Crippen LogP contribution in [0, 0.1) is 0 Å². The van der Waals surface area contributed by atoms with E-state index in [1.165, 1.54) is 11.1 Å². The van der Waals surface area contributed by atoms with Crippen LogP contribution in [-0.2, 0) is 6.18 Å². The Morgan fingerprint density at radius 1 is 1.33 bits per heavy atom. The lowest BCUT2D eigenvalue weighted by molar-refractivity contribution is -0.140. The minimum Gasteiger partial charge on any atom is -0.341 e. The van der Waals surface area contributed by atoms with Gasteiger partial charge < -0.3 is 4.90 Å². The molecule has 2 heterocycles. The zero-order valence-corrected chi connectivity index (χ0v) is 7.62. The predicted octanol–water partition coefficient (Wildman–Crippen LogP) is 2.32. The van der Waals surface area contributed by atoms with E-state index >= 15 is 0 Å². The Kier molecular flexibility index (Phi) is 2.26. The van der Waals surface area contributed by atoms with Crippen molar-refractivity contribution in [2.45, 2.75) is 6.18 Å². The summed E-state index contributed by atoms with van der Waals surface area (Å²) in [6.07, 6.45) is 3.63. The minimum atomic E-state index is -4.43. The van der Waals surface area contributed by atoms with Gasteiger partial charge in [0.05, 0.1) is 5.69 Å². The molecule has 0 aliphatic carbocycles. The molecule has 0 aromatic carbocycles. The number of H-pyrrole nitrogens is 1. The maximum absolute atomic E-state index is 12.5. The smallest absolute Gasteiger partial charge is 0.341 e. The first kappa shape index (κ1) is 9.82. The average Bonchev–Trinajstić information content (AvgIpc) is 2.67. The standard InChI is InChI=1S/C9H8F3N3/c10-9(11,12)8-7(6-13-14-8)15-4-2-1-3-5-15/h1-4,6H,5H2,(H,13,14). The van der Waals surface area contributed by atoms with Crippen molar-refractivity contribution < 1.29 is 13.2 Å². The van der Waals surface area contributed by atoms with E-state index in [2.05, 4.69) is 10.2 Å². The van der Waals surface area contributed by atoms with E-state index in [1.54, 1.807) is 24.4 Å². The van der Waals surface area contributed by atoms with Crippen LogP contribution in [0.15, 0.2) is 30.6 Å². The first-order chi connectivity index (χ1) is 7.09. The quantitative estimate of drug-likeness (QED) is 0.779. The second-order valence-electron chi connectivity index (χ2n) is 3.04. The molecule has 1 aliphatic heterocycles. The second kappa shape index (κ2) is 3.45. The molecular weight excluding hydrogens is 207 g/mol. The number of hydrogen-bond acceptors (Lipinski definition) is 2. The number of aromatic nitrogens is 2. The summed E-state index contributed by atoms with van der Waals surface area (Å²) in [6, 6.07) is 0. The summed E-state index contributed by atoms with van der Waals surface area (Å²) < 4.78 is 37.5. The Bertz CT molecular complexity index is 403. The average molecular weight is 215 g/mol. The Balaban J connectivity index is 2.33. The lowest BCUT2D eigenvalue weighted by atomic mass is 10.3. The van der Waals surface area contributed by atoms with Gasteiger partial charge in [0.2, 0.25) is 0 Å². The highest BCUT2D eigenvalue weighted by Crippen LogP contribution is 2.35. The SMILES string of the molecule is FC(F)(F)c1n[nH]cc1N1C=CC=CC1. The molecule has 0 amide bonds. The molecule has 6 heteroatoms. The third kappa shape index (κ3) is 1.88. The van der Waals surface area contributed by atoms with Gasteiger partial charge in [-0.25, -0.2) is 0 Å². The fourth-order valence-corrected chi connectivity index (χ4v) is 1.36. The van der Waals surface area contributed by atoms with E-state index in [9.17, 15) is 13.2 Å². The fraction of sp³-hybridized carbons (Fsp3) is 0.222. The van der Waals surface area contributed by atoms with Crippen LogP contribution in [0.25, 0.3) is 0 Å². The van der Waals surface area contributed by atoms with Gasteiger partial charge in [0.25, 0.3) is 0 Å². The van der Waals surface area contributed by atoms with E-state index in [1.807, 2.05) is 0 Å². The molecule has 0 radical (unpaired) electrons. The lowest BCUT2D eigenvalue weighted by Crippen LogP contribution is -2.20. The number of hydrogen-bond donors (Lipinski definition) is 1. The molecule has 0 saturated carbocycles. The van der Waals surface area contributed by atoms with Gasteiger partial charge in [0.15, 0.2) is 5.69 Å². The molecule has 0 fully saturated rings. The van der Waals surface area contributed by atoms with Crippen LogP contribution in [0.1, 0.15) is 5.69 Å². The number of halogens is 3. The second-order valence-corrected chi connectivity index (χ2v) is 3.04. The zero-order chi connectivity index (χ0) is 10.9. The topological polar surface area (TPSA) is 31.9 Å². The van der Waals surface area contributed by atoms with Gasteiger partial charge >= 0.3 is 6.18 Å². The maximum Gasteiger partial charge on any atom is 0.437 e. The molecule has 1 aromatic heterocycles. The summed E-state index contributed by atoms with van der Waals surface area (Å²) in [5.41, 5.74) is -0.842. The van der Waals surface area contributed by atoms with Crippen LogP contribution in [-0.4, -0.2) is 16.7 Å². The summed E-state index contributed by atoms with van der Waals surface area (Å²) in [5.74, 6) is 0. The molecule has 1 aliphatic rings. The van der Waals surface area contributed by atoms with Gasteiger partial charge in [-0.15, -0.1) is 0 Å². The lowest BCUT2D eigenvalue weighted by Gasteiger charge is -2.20. The van der Waals surface area contributed by atoms with Crippen molar-refractivity contribution in [3.05, 3.63) is 36.3 Å². The number of rotatable bonds is 1. The first-order valence-corrected chi connectivity index (χ1v) is 4.30. The van der Waals surface area contributed by atoms with Crippen molar-refractivity contribution >= 4 is 5.69 Å². The number of aromatic amines is 1. The highest BCUT2D eigenvalue weighted by atomic mass is 19.4. The van der Waals surface area contributed by atoms with Gasteiger partial charge in [-0.3, -0.25) is 5.10 Å². The van der Waals surface area contributed by atoms with Crippen molar-refractivity contribution in [1.29, 1.82) is 0 Å². The molecular formula is C9H8F3N3. The Hall–Kier alpha value is -1.72. The number of alkyl halides is 3. The molecule has 1 aromatic rings. The van der Waals surface area contributed by atoms with Crippen LogP contribution in [0.5, 0.6) is 0 Å². The fourth-order valence-electron chi connectivity index (χ4n) is 1.36. The molecule has 1 N–H and O–H groups in total. The number of nitrogens with zero attached hydrogens (tertiary/aromatic N) is 2. The highest BCUT2D eigenvalue weighted by molar-refractivity contribution is 5.54. The zero-order valence-electron chi connectivity index (χ0n) is 7.62. The van der Waals surface area contributed by atoms with Gasteiger partial charge in [-0.05, 0) is 6.08 Å². The van der Waals surface area contributed by atoms with Gasteiger partial charge in [-0.1, -0.05) is 12.2 Å². The van der Waals surface area contributed by atoms with E-state index in [-0.39, 0.29) is 5.69 Å². The van der Waals surface area contributed by atoms with E-state index in [0.717, 1.165) is 0 Å². The molecule has 0 atom stereocenters. The Morgan fingerprint density at radius 2 is 2.13 bits per heavy atom. The van der Waals surface area contributed by atoms with E-state index < -0.39 is 11.9 Å². The van der Waals surface area contributed by atoms with E-state index in [0.29, 0.717) is 6.54 Å². The molecule has 3 nitrogen and oxygen atoms in total. The molecule has 15 heavy (non-hydrogen) atoms. The van der Waals surface area contributed by atoms with Crippen LogP contribution < -0.4 is 4.90 Å². The summed E-state index contributed by atoms with van der Waals surface area (Å²) in [6.45, 7) is 0.416. The van der Waals surface area contributed by atoms with Gasteiger partial charge in [0, 0.05) is 18.9 Å². The third-order valence-corrected chi connectivity index (χ3v) is 2.01. The molecule has 0 spiro atoms. The first-order valence-electron chi connectivity index (χ1n) is 4.30. The molecule has 80 valence electrons. The highest BCUT2D eigenvalue weighted by Gasteiger charge is 2.37. The predicted molar refractivity (Wildman–Crippen MR) is 49.2 cm³/mol. The van der Waals surface area contributed by atoms with Crippen LogP contribution in [0.4, 0.5) is 18.9 Å². The van der Waals surface area contributed by atoms with Crippen molar-refractivity contribution in [2.75, 3.05) is 11.4 Å². The summed E-state index contributed by atoms with van der Waals surface area (Å²) >= 11 is 0. The van der Waals surface area contributed by atoms with E-state index in [4.69, 9.17) is 0 Å². The molecule has 0 unspecified atom stereocenters. The van der Waals surface area contributed by atoms with Crippen molar-refractivity contribution in [1.82, 2.24) is 10.2 Å². The van der Waals surface area contributed by atoms with Crippen LogP contribution >= 0.6 is 0 Å². The Labute approximate surface area is 83.9 Å². The van der Waals surface area contributed by atoms with Crippen molar-refractivity contribution in [2.24, 2.45) is 0 Å². The monoisotopic (exact) mass is 215 g/mol. The van der Waals surface area contributed by atoms with Crippen molar-refractivity contribution in [3.63, 3.8) is 0 Å². The summed E-state index contributed by atoms with van der Waals surface area (Å²) in [4.78, 5) is 1.48. The molecule has 0 saturated heterocycles. The third-order valence-electron chi connectivity index (χ3n) is 2.01. The molecule has 2 rings (SSSR count). The maximum atomic E-state index is 12.5. The minimum absolute atomic E-state index is 0.0445. The van der Waals surface area contributed by atoms with Crippen molar-refractivity contribution in [3.8, 4) is 0 Å². The van der Waals surface area contributed by atoms with Gasteiger partial charge in [-0.2, -0.15) is 18.3 Å². The van der Waals surface area contributed by atoms with Crippen LogP contribution in [0.3, 0.4) is 0 Å². The van der Waals surface area contributed by atoms with Crippen LogP contribution in [0.2, 0.25) is 0 Å². The van der Waals surface area contributed by atoms with Gasteiger partial charge in [0.1, 0.15) is 0 Å². The number of anilines is 1. The largest absolute Gasteiger partial charge is 0.437 e. The molecule has 0 bridgehead atoms. The Morgan fingerprint density at radius 3 is 2.73 bits per heavy atom.